The van der Waals surface area contributed by atoms with Gasteiger partial charge >= 0.3 is 0 Å². The van der Waals surface area contributed by atoms with Crippen LogP contribution in [0, 0.1) is 17.1 Å². The van der Waals surface area contributed by atoms with Crippen LogP contribution in [0.15, 0.2) is 40.9 Å². The first-order valence-corrected chi connectivity index (χ1v) is 12.9. The molecule has 2 aliphatic rings. The fourth-order valence-corrected chi connectivity index (χ4v) is 5.65. The highest BCUT2D eigenvalue weighted by molar-refractivity contribution is 6.39. The largest absolute Gasteiger partial charge is 0.366 e. The molecule has 2 aromatic carbocycles. The topological polar surface area (TPSA) is 65.1 Å². The molecule has 2 unspecified atom stereocenters. The van der Waals surface area contributed by atoms with Gasteiger partial charge in [0.2, 0.25) is 0 Å². The van der Waals surface area contributed by atoms with Crippen LogP contribution in [0.3, 0.4) is 0 Å². The Morgan fingerprint density at radius 1 is 1.20 bits per heavy atom. The number of nitrogens with one attached hydrogen (secondary N) is 1. The molecule has 2 fully saturated rings. The molecule has 182 valence electrons. The van der Waals surface area contributed by atoms with E-state index in [2.05, 4.69) is 22.3 Å². The van der Waals surface area contributed by atoms with Crippen LogP contribution in [-0.4, -0.2) is 23.8 Å². The third-order valence-electron chi connectivity index (χ3n) is 7.11. The van der Waals surface area contributed by atoms with Crippen LogP contribution in [0.1, 0.15) is 61.8 Å². The molecule has 2 heterocycles. The summed E-state index contributed by atoms with van der Waals surface area (Å²) in [6.07, 6.45) is 4.87. The summed E-state index contributed by atoms with van der Waals surface area (Å²) in [5.74, 6) is 0.986. The normalized spacial score (nSPS) is 20.1. The highest BCUT2D eigenvalue weighted by Crippen LogP contribution is 2.46. The van der Waals surface area contributed by atoms with Crippen molar-refractivity contribution in [1.82, 2.24) is 10.5 Å². The second-order valence-corrected chi connectivity index (χ2v) is 10.2. The Morgan fingerprint density at radius 3 is 2.63 bits per heavy atom. The first kappa shape index (κ1) is 24.1. The van der Waals surface area contributed by atoms with E-state index in [1.807, 2.05) is 24.3 Å². The maximum atomic E-state index is 14.7. The number of hydrogen-bond donors (Lipinski definition) is 1. The van der Waals surface area contributed by atoms with Gasteiger partial charge in [0.05, 0.1) is 27.4 Å². The zero-order chi connectivity index (χ0) is 24.5. The SMILES string of the molecule is CCC1CC(NCc2c(-c3c(Cl)cccc3Cl)noc2C2CC2)CCN1c1ccc(C#N)cc1F. The summed E-state index contributed by atoms with van der Waals surface area (Å²) >= 11 is 13.0. The van der Waals surface area contributed by atoms with Crippen molar-refractivity contribution in [3.05, 3.63) is 69.1 Å². The molecular weight excluding hydrogens is 486 g/mol. The monoisotopic (exact) mass is 512 g/mol. The van der Waals surface area contributed by atoms with Crippen LogP contribution in [0.2, 0.25) is 10.0 Å². The summed E-state index contributed by atoms with van der Waals surface area (Å²) in [5.41, 5.74) is 3.35. The van der Waals surface area contributed by atoms with Crippen molar-refractivity contribution in [3.63, 3.8) is 0 Å². The number of hydrogen-bond acceptors (Lipinski definition) is 5. The smallest absolute Gasteiger partial charge is 0.147 e. The number of halogens is 3. The second kappa shape index (κ2) is 10.2. The molecule has 5 nitrogen and oxygen atoms in total. The predicted molar refractivity (Wildman–Crippen MR) is 136 cm³/mol. The van der Waals surface area contributed by atoms with Crippen LogP contribution in [0.4, 0.5) is 10.1 Å². The van der Waals surface area contributed by atoms with E-state index < -0.39 is 0 Å². The average molecular weight is 513 g/mol. The Kier molecular flexibility index (Phi) is 7.02. The molecule has 0 spiro atoms. The molecule has 1 aromatic heterocycles. The molecule has 1 aliphatic heterocycles. The van der Waals surface area contributed by atoms with E-state index in [4.69, 9.17) is 33.0 Å². The Morgan fingerprint density at radius 2 is 1.97 bits per heavy atom. The maximum absolute atomic E-state index is 14.7. The second-order valence-electron chi connectivity index (χ2n) is 9.38. The van der Waals surface area contributed by atoms with Crippen molar-refractivity contribution in [2.24, 2.45) is 0 Å². The fourth-order valence-electron chi connectivity index (χ4n) is 5.08. The van der Waals surface area contributed by atoms with Crippen molar-refractivity contribution < 1.29 is 8.91 Å². The zero-order valence-corrected chi connectivity index (χ0v) is 21.0. The summed E-state index contributed by atoms with van der Waals surface area (Å²) in [7, 11) is 0. The van der Waals surface area contributed by atoms with Crippen molar-refractivity contribution >= 4 is 28.9 Å². The molecule has 35 heavy (non-hydrogen) atoms. The third-order valence-corrected chi connectivity index (χ3v) is 7.74. The Labute approximate surface area is 214 Å². The number of nitriles is 1. The maximum Gasteiger partial charge on any atom is 0.147 e. The molecule has 3 aromatic rings. The summed E-state index contributed by atoms with van der Waals surface area (Å²) in [5, 5.41) is 18.3. The fraction of sp³-hybridized carbons (Fsp3) is 0.407. The number of anilines is 1. The lowest BCUT2D eigenvalue weighted by molar-refractivity contribution is 0.344. The minimum absolute atomic E-state index is 0.201. The summed E-state index contributed by atoms with van der Waals surface area (Å²) in [4.78, 5) is 2.14. The Hall–Kier alpha value is -2.59. The van der Waals surface area contributed by atoms with E-state index in [9.17, 15) is 4.39 Å². The van der Waals surface area contributed by atoms with E-state index in [0.717, 1.165) is 50.0 Å². The van der Waals surface area contributed by atoms with Gasteiger partial charge in [-0.1, -0.05) is 41.3 Å². The zero-order valence-electron chi connectivity index (χ0n) is 19.5. The molecule has 5 rings (SSSR count). The number of piperidine rings is 1. The number of benzene rings is 2. The van der Waals surface area contributed by atoms with Crippen molar-refractivity contribution in [1.29, 1.82) is 5.26 Å². The van der Waals surface area contributed by atoms with Crippen LogP contribution < -0.4 is 10.2 Å². The number of rotatable bonds is 7. The van der Waals surface area contributed by atoms with E-state index in [1.165, 1.54) is 6.07 Å². The molecule has 1 saturated carbocycles. The standard InChI is InChI=1S/C27H27Cl2FN4O/c1-2-19-13-18(10-11-34(19)24-9-6-16(14-31)12-23(24)30)32-15-20-26(33-35-27(20)17-7-8-17)25-21(28)4-3-5-22(25)29/h3-6,9,12,17-19,32H,2,7-8,10-11,13,15H2,1H3. The molecular formula is C27H27Cl2FN4O. The number of nitrogens with zero attached hydrogens (tertiary/aromatic N) is 3. The lowest BCUT2D eigenvalue weighted by Crippen LogP contribution is -2.48. The van der Waals surface area contributed by atoms with Gasteiger partial charge in [-0.2, -0.15) is 5.26 Å². The van der Waals surface area contributed by atoms with Gasteiger partial charge in [0.15, 0.2) is 0 Å². The van der Waals surface area contributed by atoms with E-state index in [-0.39, 0.29) is 17.9 Å². The molecule has 0 bridgehead atoms. The highest BCUT2D eigenvalue weighted by atomic mass is 35.5. The van der Waals surface area contributed by atoms with Crippen molar-refractivity contribution in [2.45, 2.75) is 63.6 Å². The van der Waals surface area contributed by atoms with Crippen LogP contribution >= 0.6 is 23.2 Å². The molecule has 8 heteroatoms. The molecule has 1 aliphatic carbocycles. The van der Waals surface area contributed by atoms with E-state index in [0.29, 0.717) is 45.0 Å². The van der Waals surface area contributed by atoms with Gasteiger partial charge in [0, 0.05) is 42.2 Å². The molecule has 1 N–H and O–H groups in total. The molecule has 2 atom stereocenters. The van der Waals surface area contributed by atoms with Gasteiger partial charge in [0.1, 0.15) is 17.3 Å². The average Bonchev–Trinajstić information content (AvgIpc) is 3.62. The minimum Gasteiger partial charge on any atom is -0.366 e. The summed E-state index contributed by atoms with van der Waals surface area (Å²) in [6.45, 7) is 3.48. The summed E-state index contributed by atoms with van der Waals surface area (Å²) in [6, 6.07) is 12.7. The molecule has 0 radical (unpaired) electrons. The third kappa shape index (κ3) is 4.91. The van der Waals surface area contributed by atoms with Gasteiger partial charge in [-0.3, -0.25) is 0 Å². The van der Waals surface area contributed by atoms with Crippen molar-refractivity contribution in [3.8, 4) is 17.3 Å². The summed E-state index contributed by atoms with van der Waals surface area (Å²) < 4.78 is 20.5. The molecule has 0 amide bonds. The van der Waals surface area contributed by atoms with Gasteiger partial charge < -0.3 is 14.7 Å². The first-order chi connectivity index (χ1) is 17.0. The Bertz CT molecular complexity index is 1250. The van der Waals surface area contributed by atoms with Crippen LogP contribution in [0.5, 0.6) is 0 Å². The minimum atomic E-state index is -0.339. The first-order valence-electron chi connectivity index (χ1n) is 12.1. The lowest BCUT2D eigenvalue weighted by Gasteiger charge is -2.41. The lowest BCUT2D eigenvalue weighted by atomic mass is 9.94. The van der Waals surface area contributed by atoms with Crippen molar-refractivity contribution in [2.75, 3.05) is 11.4 Å². The van der Waals surface area contributed by atoms with Crippen LogP contribution in [-0.2, 0) is 6.54 Å². The Balaban J connectivity index is 1.33. The predicted octanol–water partition coefficient (Wildman–Crippen LogP) is 7.07. The van der Waals surface area contributed by atoms with Gasteiger partial charge in [-0.15, -0.1) is 0 Å². The number of aromatic nitrogens is 1. The van der Waals surface area contributed by atoms with Crippen LogP contribution in [0.25, 0.3) is 11.3 Å². The van der Waals surface area contributed by atoms with E-state index >= 15 is 0 Å². The molecule has 1 saturated heterocycles. The van der Waals surface area contributed by atoms with E-state index in [1.54, 1.807) is 12.1 Å². The quantitative estimate of drug-likeness (QED) is 0.366. The van der Waals surface area contributed by atoms with Gasteiger partial charge in [0.25, 0.3) is 0 Å². The highest BCUT2D eigenvalue weighted by Gasteiger charge is 2.34. The van der Waals surface area contributed by atoms with Gasteiger partial charge in [-0.25, -0.2) is 4.39 Å². The van der Waals surface area contributed by atoms with Gasteiger partial charge in [-0.05, 0) is 62.4 Å².